The molecule has 0 fully saturated rings. The molecule has 0 radical (unpaired) electrons. The number of pyridine rings is 1. The predicted molar refractivity (Wildman–Crippen MR) is 269 cm³/mol. The molecule has 0 spiro atoms. The van der Waals surface area contributed by atoms with Gasteiger partial charge in [0.25, 0.3) is 0 Å². The summed E-state index contributed by atoms with van der Waals surface area (Å²) in [5, 5.41) is 4.41. The van der Waals surface area contributed by atoms with Crippen LogP contribution in [-0.4, -0.2) is 16.2 Å². The molecule has 3 aromatic heterocycles. The van der Waals surface area contributed by atoms with Crippen molar-refractivity contribution < 1.29 is 9.15 Å². The Balaban J connectivity index is 1.11. The van der Waals surface area contributed by atoms with Crippen LogP contribution in [0.4, 0.5) is 22.7 Å². The summed E-state index contributed by atoms with van der Waals surface area (Å²) < 4.78 is 16.1. The zero-order valence-electron chi connectivity index (χ0n) is 39.5. The number of furan rings is 1. The molecular formula is C58H60N4O2. The Morgan fingerprint density at radius 3 is 1.75 bits per heavy atom. The van der Waals surface area contributed by atoms with Crippen molar-refractivity contribution in [3.8, 4) is 17.3 Å². The number of hydrogen-bond acceptors (Lipinski definition) is 5. The van der Waals surface area contributed by atoms with Crippen molar-refractivity contribution in [2.45, 2.75) is 105 Å². The molecule has 6 aromatic carbocycles. The molecule has 1 aliphatic rings. The van der Waals surface area contributed by atoms with E-state index in [4.69, 9.17) is 14.1 Å². The number of benzene rings is 6. The van der Waals surface area contributed by atoms with Gasteiger partial charge < -0.3 is 19.0 Å². The van der Waals surface area contributed by atoms with Gasteiger partial charge in [0.15, 0.2) is 5.58 Å². The lowest BCUT2D eigenvalue weighted by molar-refractivity contribution is 0.479. The molecular weight excluding hydrogens is 785 g/mol. The van der Waals surface area contributed by atoms with Crippen LogP contribution in [0.3, 0.4) is 0 Å². The van der Waals surface area contributed by atoms with Gasteiger partial charge in [0, 0.05) is 35.1 Å². The molecule has 0 atom stereocenters. The maximum absolute atomic E-state index is 7.02. The number of para-hydroxylation sites is 2. The van der Waals surface area contributed by atoms with E-state index >= 15 is 0 Å². The third kappa shape index (κ3) is 7.17. The molecule has 0 aliphatic carbocycles. The molecule has 0 bridgehead atoms. The summed E-state index contributed by atoms with van der Waals surface area (Å²) in [6.07, 6.45) is 1.93. The van der Waals surface area contributed by atoms with E-state index in [-0.39, 0.29) is 21.7 Å². The van der Waals surface area contributed by atoms with Crippen molar-refractivity contribution >= 4 is 66.5 Å². The maximum Gasteiger partial charge on any atom is 0.161 e. The fourth-order valence-corrected chi connectivity index (χ4v) is 9.22. The van der Waals surface area contributed by atoms with Crippen LogP contribution in [0, 0.1) is 0 Å². The van der Waals surface area contributed by atoms with E-state index in [1.807, 2.05) is 6.20 Å². The first-order chi connectivity index (χ1) is 30.2. The SMILES string of the molecule is CC(C)(C)c1cc(Oc2ccc3c4oc5ccc6ccccc6c5c4n(-c4cc(C(C)(C)C)ccn4)c3c2)cc(N2CN(c3cc(C(C)(C)C)cc(C(C)(C)C)c3)c3ccccc32)c1. The zero-order chi connectivity index (χ0) is 45.1. The van der Waals surface area contributed by atoms with Crippen LogP contribution in [0.1, 0.15) is 105 Å². The summed E-state index contributed by atoms with van der Waals surface area (Å²) >= 11 is 0. The lowest BCUT2D eigenvalue weighted by Crippen LogP contribution is -2.26. The second kappa shape index (κ2) is 14.5. The highest BCUT2D eigenvalue weighted by Crippen LogP contribution is 2.48. The third-order valence-electron chi connectivity index (χ3n) is 13.1. The summed E-state index contributed by atoms with van der Waals surface area (Å²) in [6.45, 7) is 28.0. The summed E-state index contributed by atoms with van der Waals surface area (Å²) in [5.74, 6) is 2.37. The van der Waals surface area contributed by atoms with Crippen LogP contribution in [0.15, 0.2) is 138 Å². The number of hydrogen-bond donors (Lipinski definition) is 0. The van der Waals surface area contributed by atoms with Gasteiger partial charge in [-0.3, -0.25) is 4.57 Å². The van der Waals surface area contributed by atoms with E-state index in [2.05, 4.69) is 225 Å². The van der Waals surface area contributed by atoms with Gasteiger partial charge in [0.05, 0.1) is 22.3 Å². The minimum atomic E-state index is -0.133. The number of ether oxygens (including phenoxy) is 1. The Morgan fingerprint density at radius 1 is 0.516 bits per heavy atom. The molecule has 0 saturated carbocycles. The van der Waals surface area contributed by atoms with Crippen LogP contribution >= 0.6 is 0 Å². The molecule has 0 N–H and O–H groups in total. The molecule has 10 rings (SSSR count). The van der Waals surface area contributed by atoms with Crippen LogP contribution in [0.2, 0.25) is 0 Å². The molecule has 64 heavy (non-hydrogen) atoms. The average Bonchev–Trinajstić information content (AvgIpc) is 3.91. The third-order valence-corrected chi connectivity index (χ3v) is 13.1. The topological polar surface area (TPSA) is 46.7 Å². The molecule has 1 aliphatic heterocycles. The van der Waals surface area contributed by atoms with Gasteiger partial charge in [-0.2, -0.15) is 0 Å². The van der Waals surface area contributed by atoms with Crippen molar-refractivity contribution in [1.29, 1.82) is 0 Å². The summed E-state index contributed by atoms with van der Waals surface area (Å²) in [7, 11) is 0. The maximum atomic E-state index is 7.02. The molecule has 4 heterocycles. The van der Waals surface area contributed by atoms with E-state index in [0.717, 1.165) is 61.4 Å². The number of nitrogens with zero attached hydrogens (tertiary/aromatic N) is 4. The van der Waals surface area contributed by atoms with Gasteiger partial charge in [-0.1, -0.05) is 132 Å². The second-order valence-electron chi connectivity index (χ2n) is 21.9. The Labute approximate surface area is 378 Å². The summed E-state index contributed by atoms with van der Waals surface area (Å²) in [6, 6.07) is 46.2. The Hall–Kier alpha value is -6.53. The number of fused-ring (bicyclic) bond motifs is 8. The second-order valence-corrected chi connectivity index (χ2v) is 21.9. The quantitative estimate of drug-likeness (QED) is 0.173. The molecule has 9 aromatic rings. The predicted octanol–water partition coefficient (Wildman–Crippen LogP) is 16.3. The number of anilines is 4. The molecule has 6 heteroatoms. The molecule has 0 amide bonds. The van der Waals surface area contributed by atoms with E-state index in [0.29, 0.717) is 6.67 Å². The van der Waals surface area contributed by atoms with Crippen molar-refractivity contribution in [2.24, 2.45) is 0 Å². The van der Waals surface area contributed by atoms with Crippen molar-refractivity contribution in [3.05, 3.63) is 156 Å². The Bertz CT molecular complexity index is 3250. The van der Waals surface area contributed by atoms with Gasteiger partial charge in [-0.25, -0.2) is 4.98 Å². The van der Waals surface area contributed by atoms with Gasteiger partial charge in [-0.15, -0.1) is 0 Å². The fourth-order valence-electron chi connectivity index (χ4n) is 9.22. The van der Waals surface area contributed by atoms with E-state index < -0.39 is 0 Å². The standard InChI is InChI=1S/C58H60N4O2/c1-55(2,3)37-25-26-59-51(32-37)62-49-34-43(22-23-46(49)54-53(62)52-45-18-14-13-17-36(45)21-24-50(52)64-54)63-44-31-40(58(10,11)12)30-42(33-44)61-35-60(47-19-15-16-20-48(47)61)41-28-38(56(4,5)6)27-39(29-41)57(7,8)9/h13-34H,35H2,1-12H3. The van der Waals surface area contributed by atoms with Gasteiger partial charge in [0.1, 0.15) is 35.1 Å². The highest BCUT2D eigenvalue weighted by molar-refractivity contribution is 6.24. The highest BCUT2D eigenvalue weighted by atomic mass is 16.5. The average molecular weight is 845 g/mol. The van der Waals surface area contributed by atoms with Gasteiger partial charge >= 0.3 is 0 Å². The van der Waals surface area contributed by atoms with Crippen LogP contribution in [0.25, 0.3) is 49.6 Å². The van der Waals surface area contributed by atoms with Crippen molar-refractivity contribution in [3.63, 3.8) is 0 Å². The van der Waals surface area contributed by atoms with E-state index in [9.17, 15) is 0 Å². The molecule has 6 nitrogen and oxygen atoms in total. The normalized spacial score (nSPS) is 13.8. The van der Waals surface area contributed by atoms with Crippen LogP contribution in [-0.2, 0) is 21.7 Å². The number of rotatable bonds is 5. The van der Waals surface area contributed by atoms with E-state index in [1.165, 1.54) is 44.7 Å². The molecule has 0 saturated heterocycles. The first-order valence-corrected chi connectivity index (χ1v) is 22.7. The highest BCUT2D eigenvalue weighted by Gasteiger charge is 2.32. The van der Waals surface area contributed by atoms with Crippen LogP contribution in [0.5, 0.6) is 11.5 Å². The van der Waals surface area contributed by atoms with E-state index in [1.54, 1.807) is 0 Å². The minimum Gasteiger partial charge on any atom is -0.457 e. The summed E-state index contributed by atoms with van der Waals surface area (Å²) in [5.41, 5.74) is 13.2. The number of aromatic nitrogens is 2. The minimum absolute atomic E-state index is 0.00579. The van der Waals surface area contributed by atoms with Crippen LogP contribution < -0.4 is 14.5 Å². The lowest BCUT2D eigenvalue weighted by Gasteiger charge is -2.29. The first kappa shape index (κ1) is 41.5. The first-order valence-electron chi connectivity index (χ1n) is 22.7. The van der Waals surface area contributed by atoms with Gasteiger partial charge in [0.2, 0.25) is 0 Å². The zero-order valence-corrected chi connectivity index (χ0v) is 39.5. The van der Waals surface area contributed by atoms with Crippen molar-refractivity contribution in [2.75, 3.05) is 16.5 Å². The van der Waals surface area contributed by atoms with Gasteiger partial charge in [-0.05, 0) is 121 Å². The Morgan fingerprint density at radius 2 is 1.11 bits per heavy atom. The molecule has 0 unspecified atom stereocenters. The Kier molecular flexibility index (Phi) is 9.40. The van der Waals surface area contributed by atoms with Crippen molar-refractivity contribution in [1.82, 2.24) is 9.55 Å². The smallest absolute Gasteiger partial charge is 0.161 e. The fraction of sp³-hybridized carbons (Fsp3) is 0.293. The molecule has 324 valence electrons. The lowest BCUT2D eigenvalue weighted by atomic mass is 9.80. The summed E-state index contributed by atoms with van der Waals surface area (Å²) in [4.78, 5) is 9.92. The largest absolute Gasteiger partial charge is 0.457 e. The monoisotopic (exact) mass is 844 g/mol.